The van der Waals surface area contributed by atoms with Crippen LogP contribution < -0.4 is 29.0 Å². The van der Waals surface area contributed by atoms with E-state index in [1.54, 1.807) is 55.6 Å². The number of nitrogens with one attached hydrogen (secondary N) is 1. The zero-order valence-electron chi connectivity index (χ0n) is 26.7. The minimum Gasteiger partial charge on any atom is -0.493 e. The predicted molar refractivity (Wildman–Crippen MR) is 168 cm³/mol. The third-order valence-electron chi connectivity index (χ3n) is 7.12. The van der Waals surface area contributed by atoms with Crippen LogP contribution in [0.4, 0.5) is 10.5 Å². The Morgan fingerprint density at radius 1 is 0.978 bits per heavy atom. The van der Waals surface area contributed by atoms with Crippen molar-refractivity contribution < 1.29 is 38.0 Å². The minimum atomic E-state index is -0.582. The summed E-state index contributed by atoms with van der Waals surface area (Å²) in [5.74, 6) is 2.35. The number of carbonyl (C=O) groups excluding carboxylic acids is 2. The van der Waals surface area contributed by atoms with Gasteiger partial charge in [0.25, 0.3) is 0 Å². The molecule has 1 saturated heterocycles. The van der Waals surface area contributed by atoms with E-state index in [0.717, 1.165) is 12.8 Å². The van der Waals surface area contributed by atoms with Crippen LogP contribution in [-0.2, 0) is 16.1 Å². The lowest BCUT2D eigenvalue weighted by atomic mass is 10.2. The Morgan fingerprint density at radius 3 is 2.48 bits per heavy atom. The molecule has 2 amide bonds. The number of anilines is 1. The predicted octanol–water partition coefficient (Wildman–Crippen LogP) is 5.06. The molecule has 46 heavy (non-hydrogen) atoms. The van der Waals surface area contributed by atoms with Gasteiger partial charge in [-0.3, -0.25) is 9.48 Å². The van der Waals surface area contributed by atoms with Crippen molar-refractivity contribution in [3.63, 3.8) is 0 Å². The summed E-state index contributed by atoms with van der Waals surface area (Å²) < 4.78 is 35.3. The molecule has 0 saturated carbocycles. The summed E-state index contributed by atoms with van der Waals surface area (Å²) >= 11 is 0. The Kier molecular flexibility index (Phi) is 9.64. The van der Waals surface area contributed by atoms with E-state index in [-0.39, 0.29) is 31.2 Å². The van der Waals surface area contributed by atoms with Crippen LogP contribution in [0, 0.1) is 0 Å². The molecule has 1 fully saturated rings. The van der Waals surface area contributed by atoms with Crippen LogP contribution >= 0.6 is 0 Å². The number of amides is 2. The van der Waals surface area contributed by atoms with Crippen molar-refractivity contribution in [2.24, 2.45) is 0 Å². The van der Waals surface area contributed by atoms with Gasteiger partial charge in [0.1, 0.15) is 25.1 Å². The molecule has 0 bridgehead atoms. The van der Waals surface area contributed by atoms with E-state index in [4.69, 9.17) is 28.4 Å². The average molecular weight is 635 g/mol. The number of carbonyl (C=O) groups is 2. The third-order valence-corrected chi connectivity index (χ3v) is 7.12. The van der Waals surface area contributed by atoms with E-state index in [1.165, 1.54) is 24.3 Å². The molecule has 0 aliphatic carbocycles. The first-order valence-corrected chi connectivity index (χ1v) is 14.7. The lowest BCUT2D eigenvalue weighted by molar-refractivity contribution is -0.116. The summed E-state index contributed by atoms with van der Waals surface area (Å²) in [6, 6.07) is 8.44. The molecular formula is C32H38N6O8. The van der Waals surface area contributed by atoms with E-state index in [0.29, 0.717) is 57.8 Å². The lowest BCUT2D eigenvalue weighted by Gasteiger charge is -2.28. The monoisotopic (exact) mass is 634 g/mol. The van der Waals surface area contributed by atoms with Gasteiger partial charge in [-0.25, -0.2) is 14.8 Å². The summed E-state index contributed by atoms with van der Waals surface area (Å²) in [5.41, 5.74) is 0.540. The Morgan fingerprint density at radius 2 is 1.74 bits per heavy atom. The van der Waals surface area contributed by atoms with E-state index >= 15 is 0 Å². The van der Waals surface area contributed by atoms with Gasteiger partial charge in [0.15, 0.2) is 28.7 Å². The van der Waals surface area contributed by atoms with Gasteiger partial charge in [-0.05, 0) is 51.8 Å². The molecule has 1 atom stereocenters. The molecule has 244 valence electrons. The maximum atomic E-state index is 12.9. The molecule has 14 nitrogen and oxygen atoms in total. The van der Waals surface area contributed by atoms with Gasteiger partial charge >= 0.3 is 6.09 Å². The summed E-state index contributed by atoms with van der Waals surface area (Å²) in [7, 11) is 4.63. The molecule has 0 radical (unpaired) electrons. The Bertz CT molecular complexity index is 1700. The van der Waals surface area contributed by atoms with E-state index in [9.17, 15) is 9.59 Å². The van der Waals surface area contributed by atoms with E-state index in [2.05, 4.69) is 20.4 Å². The molecule has 14 heteroatoms. The molecule has 1 aliphatic rings. The van der Waals surface area contributed by atoms with Crippen LogP contribution in [0.1, 0.15) is 33.6 Å². The number of fused-ring (bicyclic) bond motifs is 1. The van der Waals surface area contributed by atoms with Crippen molar-refractivity contribution in [2.75, 3.05) is 39.8 Å². The first-order valence-electron chi connectivity index (χ1n) is 14.7. The Labute approximate surface area is 266 Å². The molecule has 2 aromatic heterocycles. The SMILES string of the molecule is COc1cc2ncnc(Oc3cnn(CC(=O)Nc4ccc(OC)c(OC[C@@H]5CCCN5C(=O)OC(C)(C)C)c4)c3)c2cc1OC. The normalized spacial score (nSPS) is 14.6. The summed E-state index contributed by atoms with van der Waals surface area (Å²) in [6.07, 6.45) is 5.77. The lowest BCUT2D eigenvalue weighted by Crippen LogP contribution is -2.42. The van der Waals surface area contributed by atoms with Gasteiger partial charge in [0.05, 0.1) is 50.7 Å². The highest BCUT2D eigenvalue weighted by molar-refractivity contribution is 5.91. The third kappa shape index (κ3) is 7.68. The fourth-order valence-electron chi connectivity index (χ4n) is 5.01. The zero-order chi connectivity index (χ0) is 32.8. The number of aromatic nitrogens is 4. The number of nitrogens with zero attached hydrogens (tertiary/aromatic N) is 5. The van der Waals surface area contributed by atoms with Crippen LogP contribution in [0.2, 0.25) is 0 Å². The van der Waals surface area contributed by atoms with E-state index < -0.39 is 5.60 Å². The Balaban J connectivity index is 1.21. The molecule has 3 heterocycles. The topological polar surface area (TPSA) is 148 Å². The first-order chi connectivity index (χ1) is 22.1. The highest BCUT2D eigenvalue weighted by atomic mass is 16.6. The van der Waals surface area contributed by atoms with Crippen molar-refractivity contribution in [2.45, 2.75) is 51.8 Å². The summed E-state index contributed by atoms with van der Waals surface area (Å²) in [5, 5.41) is 7.73. The molecule has 1 aliphatic heterocycles. The molecular weight excluding hydrogens is 596 g/mol. The van der Waals surface area contributed by atoms with Crippen LogP contribution in [0.3, 0.4) is 0 Å². The van der Waals surface area contributed by atoms with Crippen molar-refractivity contribution in [3.05, 3.63) is 49.1 Å². The molecule has 4 aromatic rings. The molecule has 0 spiro atoms. The smallest absolute Gasteiger partial charge is 0.410 e. The Hall–Kier alpha value is -5.27. The van der Waals surface area contributed by atoms with Crippen LogP contribution in [0.25, 0.3) is 10.9 Å². The van der Waals surface area contributed by atoms with Gasteiger partial charge in [0, 0.05) is 24.4 Å². The van der Waals surface area contributed by atoms with Crippen LogP contribution in [-0.4, -0.2) is 82.8 Å². The van der Waals surface area contributed by atoms with Gasteiger partial charge in [-0.2, -0.15) is 5.10 Å². The number of methoxy groups -OCH3 is 3. The second kappa shape index (κ2) is 13.8. The van der Waals surface area contributed by atoms with Crippen LogP contribution in [0.5, 0.6) is 34.6 Å². The number of hydrogen-bond donors (Lipinski definition) is 1. The molecule has 5 rings (SSSR count). The first kappa shape index (κ1) is 32.1. The average Bonchev–Trinajstić information content (AvgIpc) is 3.68. The highest BCUT2D eigenvalue weighted by Crippen LogP contribution is 2.36. The second-order valence-corrected chi connectivity index (χ2v) is 11.6. The van der Waals surface area contributed by atoms with Gasteiger partial charge in [0.2, 0.25) is 11.8 Å². The largest absolute Gasteiger partial charge is 0.493 e. The van der Waals surface area contributed by atoms with Gasteiger partial charge in [-0.1, -0.05) is 0 Å². The quantitative estimate of drug-likeness (QED) is 0.236. The fourth-order valence-corrected chi connectivity index (χ4v) is 5.01. The number of hydrogen-bond acceptors (Lipinski definition) is 11. The number of ether oxygens (including phenoxy) is 6. The number of likely N-dealkylation sites (tertiary alicyclic amines) is 1. The molecule has 2 aromatic carbocycles. The number of benzene rings is 2. The van der Waals surface area contributed by atoms with Gasteiger partial charge in [-0.15, -0.1) is 0 Å². The van der Waals surface area contributed by atoms with Gasteiger partial charge < -0.3 is 38.6 Å². The van der Waals surface area contributed by atoms with Crippen molar-refractivity contribution in [1.82, 2.24) is 24.6 Å². The summed E-state index contributed by atoms with van der Waals surface area (Å²) in [6.45, 7) is 6.31. The maximum Gasteiger partial charge on any atom is 0.410 e. The molecule has 0 unspecified atom stereocenters. The second-order valence-electron chi connectivity index (χ2n) is 11.6. The highest BCUT2D eigenvalue weighted by Gasteiger charge is 2.33. The van der Waals surface area contributed by atoms with Crippen molar-refractivity contribution in [3.8, 4) is 34.6 Å². The number of rotatable bonds is 11. The van der Waals surface area contributed by atoms with Crippen molar-refractivity contribution >= 4 is 28.6 Å². The standard InChI is InChI=1S/C32H38N6O8/c1-32(2,3)46-31(40)38-11-7-8-21(38)18-44-28-12-20(9-10-25(28)41-4)36-29(39)17-37-16-22(15-35-37)45-30-23-13-26(42-5)27(43-6)14-24(23)33-19-34-30/h9-10,12-16,19,21H,7-8,11,17-18H2,1-6H3,(H,36,39)/t21-/m0/s1. The maximum absolute atomic E-state index is 12.9. The van der Waals surface area contributed by atoms with Crippen LogP contribution in [0.15, 0.2) is 49.1 Å². The van der Waals surface area contributed by atoms with Crippen molar-refractivity contribution in [1.29, 1.82) is 0 Å². The minimum absolute atomic E-state index is 0.0754. The van der Waals surface area contributed by atoms with E-state index in [1.807, 2.05) is 20.8 Å². The summed E-state index contributed by atoms with van der Waals surface area (Å²) in [4.78, 5) is 35.8. The zero-order valence-corrected chi connectivity index (χ0v) is 26.7. The molecule has 1 N–H and O–H groups in total. The fraction of sp³-hybridized carbons (Fsp3) is 0.406.